The maximum atomic E-state index is 12.6. The summed E-state index contributed by atoms with van der Waals surface area (Å²) in [6.45, 7) is 5.86. The molecule has 128 valence electrons. The number of thioether (sulfide) groups is 1. The van der Waals surface area contributed by atoms with Crippen molar-refractivity contribution >= 4 is 50.7 Å². The number of allylic oxidation sites excluding steroid dienone is 1. The van der Waals surface area contributed by atoms with Gasteiger partial charge in [-0.1, -0.05) is 29.4 Å². The molecule has 0 saturated carbocycles. The summed E-state index contributed by atoms with van der Waals surface area (Å²) in [5, 5.41) is 3.15. The van der Waals surface area contributed by atoms with Crippen LogP contribution in [-0.2, 0) is 6.54 Å². The van der Waals surface area contributed by atoms with Crippen LogP contribution in [0.1, 0.15) is 17.3 Å². The molecule has 0 aliphatic carbocycles. The molecule has 1 aromatic carbocycles. The zero-order valence-electron chi connectivity index (χ0n) is 13.4. The van der Waals surface area contributed by atoms with E-state index in [0.717, 1.165) is 0 Å². The molecule has 0 aliphatic rings. The van der Waals surface area contributed by atoms with Crippen LogP contribution in [0, 0.1) is 0 Å². The van der Waals surface area contributed by atoms with E-state index < -0.39 is 0 Å². The van der Waals surface area contributed by atoms with E-state index in [-0.39, 0.29) is 16.6 Å². The number of rotatable bonds is 6. The van der Waals surface area contributed by atoms with Gasteiger partial charge < -0.3 is 0 Å². The number of hydrogen-bond donors (Lipinski definition) is 0. The van der Waals surface area contributed by atoms with Gasteiger partial charge in [0.15, 0.2) is 10.9 Å². The lowest BCUT2D eigenvalue weighted by atomic mass is 10.1. The van der Waals surface area contributed by atoms with Crippen molar-refractivity contribution in [2.24, 2.45) is 0 Å². The van der Waals surface area contributed by atoms with E-state index in [4.69, 9.17) is 11.6 Å². The molecule has 0 N–H and O–H groups in total. The molecule has 7 heteroatoms. The number of carbonyl (C=O) groups is 1. The van der Waals surface area contributed by atoms with E-state index in [2.05, 4.69) is 11.6 Å². The first-order valence-corrected chi connectivity index (χ1v) is 9.70. The molecule has 0 radical (unpaired) electrons. The molecule has 3 aromatic rings. The summed E-state index contributed by atoms with van der Waals surface area (Å²) in [5.74, 6) is -0.0349. The Kier molecular flexibility index (Phi) is 5.42. The molecule has 0 saturated heterocycles. The van der Waals surface area contributed by atoms with Crippen LogP contribution < -0.4 is 5.56 Å². The Bertz CT molecular complexity index is 992. The average Bonchev–Trinajstić information content (AvgIpc) is 3.07. The molecule has 1 atom stereocenters. The van der Waals surface area contributed by atoms with E-state index >= 15 is 0 Å². The lowest BCUT2D eigenvalue weighted by Gasteiger charge is -2.14. The fourth-order valence-electron chi connectivity index (χ4n) is 2.37. The number of hydrogen-bond acceptors (Lipinski definition) is 5. The van der Waals surface area contributed by atoms with Crippen LogP contribution in [0.4, 0.5) is 0 Å². The SMILES string of the molecule is C=CCn1c(SC(C)C(=O)c2ccc(Cl)cc2)nc2sccc2c1=O. The second-order valence-electron chi connectivity index (χ2n) is 5.37. The van der Waals surface area contributed by atoms with Crippen molar-refractivity contribution in [1.82, 2.24) is 9.55 Å². The van der Waals surface area contributed by atoms with Crippen molar-refractivity contribution in [2.75, 3.05) is 0 Å². The van der Waals surface area contributed by atoms with Crippen molar-refractivity contribution in [3.63, 3.8) is 0 Å². The van der Waals surface area contributed by atoms with E-state index in [0.29, 0.717) is 32.5 Å². The molecule has 0 spiro atoms. The number of halogens is 1. The van der Waals surface area contributed by atoms with Gasteiger partial charge in [-0.05, 0) is 42.6 Å². The van der Waals surface area contributed by atoms with Gasteiger partial charge in [-0.25, -0.2) is 4.98 Å². The van der Waals surface area contributed by atoms with Crippen molar-refractivity contribution < 1.29 is 4.79 Å². The quantitative estimate of drug-likeness (QED) is 0.266. The number of thiophene rings is 1. The second-order valence-corrected chi connectivity index (χ2v) is 8.01. The number of benzene rings is 1. The van der Waals surface area contributed by atoms with Crippen molar-refractivity contribution in [3.05, 3.63) is 69.3 Å². The zero-order chi connectivity index (χ0) is 18.0. The molecule has 25 heavy (non-hydrogen) atoms. The number of nitrogens with zero attached hydrogens (tertiary/aromatic N) is 2. The number of Topliss-reactive ketones (excluding diaryl/α,β-unsaturated/α-hetero) is 1. The molecule has 0 amide bonds. The second kappa shape index (κ2) is 7.56. The third-order valence-corrected chi connectivity index (χ3v) is 5.79. The fourth-order valence-corrected chi connectivity index (χ4v) is 4.30. The topological polar surface area (TPSA) is 52.0 Å². The van der Waals surface area contributed by atoms with Gasteiger partial charge >= 0.3 is 0 Å². The van der Waals surface area contributed by atoms with E-state index in [1.165, 1.54) is 23.1 Å². The normalized spacial score (nSPS) is 12.2. The van der Waals surface area contributed by atoms with Gasteiger partial charge in [-0.3, -0.25) is 14.2 Å². The highest BCUT2D eigenvalue weighted by molar-refractivity contribution is 8.00. The molecule has 0 aliphatic heterocycles. The lowest BCUT2D eigenvalue weighted by molar-refractivity contribution is 0.0994. The maximum absolute atomic E-state index is 12.6. The van der Waals surface area contributed by atoms with E-state index in [9.17, 15) is 9.59 Å². The molecule has 0 fully saturated rings. The summed E-state index contributed by atoms with van der Waals surface area (Å²) in [6, 6.07) is 8.56. The first kappa shape index (κ1) is 17.9. The van der Waals surface area contributed by atoms with Crippen molar-refractivity contribution in [1.29, 1.82) is 0 Å². The first-order valence-electron chi connectivity index (χ1n) is 7.56. The lowest BCUT2D eigenvalue weighted by Crippen LogP contribution is -2.24. The fraction of sp³-hybridized carbons (Fsp3) is 0.167. The van der Waals surface area contributed by atoms with Gasteiger partial charge in [0, 0.05) is 17.1 Å². The summed E-state index contributed by atoms with van der Waals surface area (Å²) < 4.78 is 1.55. The summed E-state index contributed by atoms with van der Waals surface area (Å²) in [5.41, 5.74) is 0.471. The van der Waals surface area contributed by atoms with Crippen LogP contribution in [-0.4, -0.2) is 20.6 Å². The average molecular weight is 391 g/mol. The largest absolute Gasteiger partial charge is 0.293 e. The molecule has 2 heterocycles. The summed E-state index contributed by atoms with van der Waals surface area (Å²) in [6.07, 6.45) is 1.65. The minimum Gasteiger partial charge on any atom is -0.293 e. The molecular weight excluding hydrogens is 376 g/mol. The Morgan fingerprint density at radius 2 is 2.12 bits per heavy atom. The number of fused-ring (bicyclic) bond motifs is 1. The smallest absolute Gasteiger partial charge is 0.263 e. The predicted octanol–water partition coefficient (Wildman–Crippen LogP) is 4.66. The highest BCUT2D eigenvalue weighted by atomic mass is 35.5. The number of aromatic nitrogens is 2. The van der Waals surface area contributed by atoms with Crippen molar-refractivity contribution in [3.8, 4) is 0 Å². The maximum Gasteiger partial charge on any atom is 0.263 e. The van der Waals surface area contributed by atoms with Gasteiger partial charge in [-0.2, -0.15) is 0 Å². The van der Waals surface area contributed by atoms with Crippen LogP contribution in [0.2, 0.25) is 5.02 Å². The Balaban J connectivity index is 1.94. The molecule has 2 aromatic heterocycles. The summed E-state index contributed by atoms with van der Waals surface area (Å²) in [4.78, 5) is 30.5. The third-order valence-electron chi connectivity index (χ3n) is 3.64. The van der Waals surface area contributed by atoms with Crippen LogP contribution in [0.3, 0.4) is 0 Å². The standard InChI is InChI=1S/C18H15ClN2O2S2/c1-3-9-21-17(23)14-8-10-24-16(14)20-18(21)25-11(2)15(22)12-4-6-13(19)7-5-12/h3-8,10-11H,1,9H2,2H3. The highest BCUT2D eigenvalue weighted by Gasteiger charge is 2.20. The molecule has 0 bridgehead atoms. The van der Waals surface area contributed by atoms with Gasteiger partial charge in [0.1, 0.15) is 4.83 Å². The Hall–Kier alpha value is -1.89. The molecule has 1 unspecified atom stereocenters. The highest BCUT2D eigenvalue weighted by Crippen LogP contribution is 2.26. The Morgan fingerprint density at radius 1 is 1.40 bits per heavy atom. The third kappa shape index (κ3) is 3.71. The molecular formula is C18H15ClN2O2S2. The summed E-state index contributed by atoms with van der Waals surface area (Å²) in [7, 11) is 0. The monoisotopic (exact) mass is 390 g/mol. The van der Waals surface area contributed by atoms with E-state index in [1.807, 2.05) is 12.3 Å². The minimum absolute atomic E-state index is 0.0349. The first-order chi connectivity index (χ1) is 12.0. The van der Waals surface area contributed by atoms with Crippen LogP contribution in [0.15, 0.2) is 58.3 Å². The molecule has 3 rings (SSSR count). The van der Waals surface area contributed by atoms with Gasteiger partial charge in [0.2, 0.25) is 0 Å². The van der Waals surface area contributed by atoms with E-state index in [1.54, 1.807) is 41.0 Å². The minimum atomic E-state index is -0.387. The zero-order valence-corrected chi connectivity index (χ0v) is 15.8. The number of ketones is 1. The number of carbonyl (C=O) groups excluding carboxylic acids is 1. The van der Waals surface area contributed by atoms with Crippen LogP contribution >= 0.6 is 34.7 Å². The van der Waals surface area contributed by atoms with Gasteiger partial charge in [-0.15, -0.1) is 17.9 Å². The van der Waals surface area contributed by atoms with Gasteiger partial charge in [0.05, 0.1) is 10.6 Å². The Morgan fingerprint density at radius 3 is 2.80 bits per heavy atom. The predicted molar refractivity (Wildman–Crippen MR) is 105 cm³/mol. The summed E-state index contributed by atoms with van der Waals surface area (Å²) >= 11 is 8.56. The van der Waals surface area contributed by atoms with Crippen LogP contribution in [0.25, 0.3) is 10.2 Å². The van der Waals surface area contributed by atoms with Gasteiger partial charge in [0.25, 0.3) is 5.56 Å². The Labute approximate surface area is 158 Å². The molecule has 4 nitrogen and oxygen atoms in total. The van der Waals surface area contributed by atoms with Crippen LogP contribution in [0.5, 0.6) is 0 Å². The van der Waals surface area contributed by atoms with Crippen molar-refractivity contribution in [2.45, 2.75) is 23.9 Å².